The first-order chi connectivity index (χ1) is 16.4. The van der Waals surface area contributed by atoms with Crippen LogP contribution in [-0.2, 0) is 9.53 Å². The number of amidine groups is 1. The number of aromatic nitrogens is 2. The molecule has 176 valence electrons. The van der Waals surface area contributed by atoms with Gasteiger partial charge in [0, 0.05) is 17.3 Å². The maximum atomic E-state index is 13.5. The second-order valence-electron chi connectivity index (χ2n) is 7.75. The number of rotatable bonds is 7. The van der Waals surface area contributed by atoms with Crippen LogP contribution >= 0.6 is 11.3 Å². The Labute approximate surface area is 198 Å². The molecule has 0 saturated heterocycles. The summed E-state index contributed by atoms with van der Waals surface area (Å²) in [6, 6.07) is 12.7. The highest BCUT2D eigenvalue weighted by Crippen LogP contribution is 2.30. The van der Waals surface area contributed by atoms with Crippen molar-refractivity contribution in [1.82, 2.24) is 15.5 Å². The highest BCUT2D eigenvalue weighted by atomic mass is 32.1. The van der Waals surface area contributed by atoms with E-state index in [-0.39, 0.29) is 23.3 Å². The predicted octanol–water partition coefficient (Wildman–Crippen LogP) is 4.76. The van der Waals surface area contributed by atoms with Gasteiger partial charge in [-0.05, 0) is 36.2 Å². The van der Waals surface area contributed by atoms with Gasteiger partial charge < -0.3 is 25.1 Å². The fourth-order valence-electron chi connectivity index (χ4n) is 3.28. The van der Waals surface area contributed by atoms with Crippen molar-refractivity contribution in [1.29, 1.82) is 0 Å². The highest BCUT2D eigenvalue weighted by molar-refractivity contribution is 7.22. The number of carbonyl (C=O) groups excluding carboxylic acids is 1. The number of oxime groups is 1. The maximum Gasteiger partial charge on any atom is 0.328 e. The van der Waals surface area contributed by atoms with Crippen LogP contribution < -0.4 is 10.6 Å². The second kappa shape index (κ2) is 9.87. The third-order valence-electron chi connectivity index (χ3n) is 5.02. The van der Waals surface area contributed by atoms with Gasteiger partial charge >= 0.3 is 5.97 Å². The zero-order valence-corrected chi connectivity index (χ0v) is 19.4. The molecule has 0 unspecified atom stereocenters. The summed E-state index contributed by atoms with van der Waals surface area (Å²) in [5.74, 6) is -0.823. The molecule has 9 nitrogen and oxygen atoms in total. The van der Waals surface area contributed by atoms with E-state index < -0.39 is 12.0 Å². The molecule has 34 heavy (non-hydrogen) atoms. The van der Waals surface area contributed by atoms with E-state index in [1.165, 1.54) is 30.6 Å². The third-order valence-corrected chi connectivity index (χ3v) is 5.95. The van der Waals surface area contributed by atoms with Crippen molar-refractivity contribution in [3.8, 4) is 11.3 Å². The van der Waals surface area contributed by atoms with Gasteiger partial charge in [0.2, 0.25) is 11.6 Å². The van der Waals surface area contributed by atoms with E-state index >= 15 is 0 Å². The van der Waals surface area contributed by atoms with Gasteiger partial charge in [0.15, 0.2) is 5.13 Å². The number of esters is 1. The van der Waals surface area contributed by atoms with Crippen molar-refractivity contribution in [2.45, 2.75) is 19.9 Å². The highest BCUT2D eigenvalue weighted by Gasteiger charge is 2.26. The summed E-state index contributed by atoms with van der Waals surface area (Å²) in [7, 11) is 1.29. The SMILES string of the molecule is COC(=O)[C@@H](N/C(=N\O)c1cc(-c2cccc(Nc3nc4ccc(F)cc4s3)c2)no1)C(C)C. The molecule has 0 spiro atoms. The first kappa shape index (κ1) is 23.2. The minimum Gasteiger partial charge on any atom is -0.467 e. The van der Waals surface area contributed by atoms with Gasteiger partial charge in [-0.1, -0.05) is 47.6 Å². The number of hydrogen-bond donors (Lipinski definition) is 3. The molecule has 3 N–H and O–H groups in total. The molecule has 11 heteroatoms. The molecule has 2 aromatic heterocycles. The van der Waals surface area contributed by atoms with Crippen molar-refractivity contribution >= 4 is 44.2 Å². The number of halogens is 1. The quantitative estimate of drug-likeness (QED) is 0.113. The van der Waals surface area contributed by atoms with Gasteiger partial charge in [0.25, 0.3) is 0 Å². The van der Waals surface area contributed by atoms with Crippen molar-refractivity contribution < 1.29 is 23.7 Å². The van der Waals surface area contributed by atoms with E-state index in [1.54, 1.807) is 12.1 Å². The molecule has 0 amide bonds. The Morgan fingerprint density at radius 2 is 2.06 bits per heavy atom. The fourth-order valence-corrected chi connectivity index (χ4v) is 4.19. The molecular weight excluding hydrogens is 461 g/mol. The lowest BCUT2D eigenvalue weighted by Crippen LogP contribution is -2.45. The van der Waals surface area contributed by atoms with Crippen LogP contribution in [0.25, 0.3) is 21.5 Å². The Morgan fingerprint density at radius 1 is 1.24 bits per heavy atom. The second-order valence-corrected chi connectivity index (χ2v) is 8.78. The molecule has 0 bridgehead atoms. The Balaban J connectivity index is 1.53. The van der Waals surface area contributed by atoms with Crippen LogP contribution in [0.3, 0.4) is 0 Å². The molecule has 0 saturated carbocycles. The lowest BCUT2D eigenvalue weighted by molar-refractivity contribution is -0.143. The molecule has 4 rings (SSSR count). The summed E-state index contributed by atoms with van der Waals surface area (Å²) in [6.45, 7) is 3.66. The Kier molecular flexibility index (Phi) is 6.73. The summed E-state index contributed by atoms with van der Waals surface area (Å²) < 4.78 is 24.4. The number of methoxy groups -OCH3 is 1. The molecule has 4 aromatic rings. The number of carbonyl (C=O) groups is 1. The van der Waals surface area contributed by atoms with Gasteiger partial charge in [0.05, 0.1) is 17.3 Å². The zero-order chi connectivity index (χ0) is 24.2. The summed E-state index contributed by atoms with van der Waals surface area (Å²) in [4.78, 5) is 16.5. The molecule has 0 fully saturated rings. The topological polar surface area (TPSA) is 122 Å². The first-order valence-corrected chi connectivity index (χ1v) is 11.2. The largest absolute Gasteiger partial charge is 0.467 e. The van der Waals surface area contributed by atoms with Crippen LogP contribution in [-0.4, -0.2) is 40.3 Å². The summed E-state index contributed by atoms with van der Waals surface area (Å²) in [5, 5.41) is 23.4. The number of anilines is 2. The molecular formula is C23H22FN5O4S. The normalized spacial score (nSPS) is 12.7. The van der Waals surface area contributed by atoms with Crippen LogP contribution in [0.4, 0.5) is 15.2 Å². The Morgan fingerprint density at radius 3 is 2.79 bits per heavy atom. The van der Waals surface area contributed by atoms with E-state index in [4.69, 9.17) is 9.26 Å². The molecule has 0 aliphatic heterocycles. The molecule has 1 atom stereocenters. The number of thiazole rings is 1. The van der Waals surface area contributed by atoms with Crippen LogP contribution in [0.2, 0.25) is 0 Å². The van der Waals surface area contributed by atoms with E-state index in [0.717, 1.165) is 16.0 Å². The number of fused-ring (bicyclic) bond motifs is 1. The molecule has 0 radical (unpaired) electrons. The minimum atomic E-state index is -0.737. The van der Waals surface area contributed by atoms with E-state index in [0.29, 0.717) is 16.3 Å². The predicted molar refractivity (Wildman–Crippen MR) is 127 cm³/mol. The van der Waals surface area contributed by atoms with E-state index in [9.17, 15) is 14.4 Å². The van der Waals surface area contributed by atoms with Crippen LogP contribution in [0.15, 0.2) is 58.2 Å². The minimum absolute atomic E-state index is 0.0427. The Hall–Kier alpha value is -3.99. The van der Waals surface area contributed by atoms with Crippen molar-refractivity contribution in [2.24, 2.45) is 11.1 Å². The lowest BCUT2D eigenvalue weighted by Gasteiger charge is -2.20. The van der Waals surface area contributed by atoms with Gasteiger partial charge in [0.1, 0.15) is 17.6 Å². The lowest BCUT2D eigenvalue weighted by atomic mass is 10.0. The molecule has 2 aromatic carbocycles. The Bertz CT molecular complexity index is 1350. The van der Waals surface area contributed by atoms with Gasteiger partial charge in [-0.2, -0.15) is 0 Å². The number of nitrogens with one attached hydrogen (secondary N) is 2. The zero-order valence-electron chi connectivity index (χ0n) is 18.6. The number of nitrogens with zero attached hydrogens (tertiary/aromatic N) is 3. The summed E-state index contributed by atoms with van der Waals surface area (Å²) >= 11 is 1.35. The van der Waals surface area contributed by atoms with Crippen molar-refractivity contribution in [3.63, 3.8) is 0 Å². The van der Waals surface area contributed by atoms with E-state index in [1.807, 2.05) is 38.1 Å². The first-order valence-electron chi connectivity index (χ1n) is 10.3. The van der Waals surface area contributed by atoms with Gasteiger partial charge in [-0.25, -0.2) is 14.2 Å². The molecule has 0 aliphatic carbocycles. The number of benzene rings is 2. The smallest absolute Gasteiger partial charge is 0.328 e. The van der Waals surface area contributed by atoms with Gasteiger partial charge in [-0.15, -0.1) is 0 Å². The molecule has 2 heterocycles. The average Bonchev–Trinajstić information content (AvgIpc) is 3.46. The van der Waals surface area contributed by atoms with Crippen molar-refractivity contribution in [3.05, 3.63) is 60.1 Å². The monoisotopic (exact) mass is 483 g/mol. The summed E-state index contributed by atoms with van der Waals surface area (Å²) in [6.07, 6.45) is 0. The van der Waals surface area contributed by atoms with Gasteiger partial charge in [-0.3, -0.25) is 0 Å². The van der Waals surface area contributed by atoms with Crippen LogP contribution in [0.1, 0.15) is 19.6 Å². The summed E-state index contributed by atoms with van der Waals surface area (Å²) in [5.41, 5.74) is 2.69. The molecule has 0 aliphatic rings. The average molecular weight is 484 g/mol. The van der Waals surface area contributed by atoms with Crippen LogP contribution in [0.5, 0.6) is 0 Å². The van der Waals surface area contributed by atoms with E-state index in [2.05, 4.69) is 25.9 Å². The van der Waals surface area contributed by atoms with Crippen LogP contribution in [0, 0.1) is 11.7 Å². The third kappa shape index (κ3) is 4.99. The van der Waals surface area contributed by atoms with Crippen molar-refractivity contribution in [2.75, 3.05) is 12.4 Å². The fraction of sp³-hybridized carbons (Fsp3) is 0.217. The maximum absolute atomic E-state index is 13.5. The number of ether oxygens (including phenoxy) is 1. The standard InChI is InChI=1S/C23H22FN5O4S/c1-12(2)20(22(30)32-3)27-21(28-31)18-11-17(29-33-18)13-5-4-6-15(9-13)25-23-26-16-8-7-14(24)10-19(16)34-23/h4-12,20,31H,1-3H3,(H,25,26)(H,27,28)/t20-/m0/s1. The number of hydrogen-bond acceptors (Lipinski definition) is 9.